The van der Waals surface area contributed by atoms with E-state index in [1.165, 1.54) is 17.8 Å². The van der Waals surface area contributed by atoms with Gasteiger partial charge in [0.1, 0.15) is 5.82 Å². The van der Waals surface area contributed by atoms with E-state index in [0.717, 1.165) is 22.8 Å². The van der Waals surface area contributed by atoms with Gasteiger partial charge in [0.25, 0.3) is 0 Å². The molecule has 20 heavy (non-hydrogen) atoms. The molecule has 1 aromatic heterocycles. The summed E-state index contributed by atoms with van der Waals surface area (Å²) < 4.78 is 16.0. The molecule has 2 aromatic rings. The van der Waals surface area contributed by atoms with Crippen LogP contribution in [0.2, 0.25) is 0 Å². The third kappa shape index (κ3) is 3.22. The van der Waals surface area contributed by atoms with Crippen molar-refractivity contribution in [3.05, 3.63) is 41.3 Å². The molecule has 0 bridgehead atoms. The van der Waals surface area contributed by atoms with Crippen LogP contribution < -0.4 is 5.32 Å². The lowest BCUT2D eigenvalue weighted by atomic mass is 10.1. The van der Waals surface area contributed by atoms with Crippen LogP contribution in [0.3, 0.4) is 0 Å². The molecule has 1 heterocycles. The maximum absolute atomic E-state index is 14.2. The number of nitrogens with zero attached hydrogens (tertiary/aromatic N) is 2. The summed E-state index contributed by atoms with van der Waals surface area (Å²) in [7, 11) is 1.88. The van der Waals surface area contributed by atoms with E-state index in [2.05, 4.69) is 17.3 Å². The number of halogens is 1. The van der Waals surface area contributed by atoms with Crippen LogP contribution in [0.4, 0.5) is 4.39 Å². The number of benzene rings is 1. The van der Waals surface area contributed by atoms with Crippen molar-refractivity contribution in [2.45, 2.75) is 36.7 Å². The lowest BCUT2D eigenvalue weighted by Gasteiger charge is -2.17. The number of aromatic nitrogens is 2. The fraction of sp³-hybridized carbons (Fsp3) is 0.400. The lowest BCUT2D eigenvalue weighted by Crippen LogP contribution is -2.18. The first-order chi connectivity index (χ1) is 9.52. The van der Waals surface area contributed by atoms with E-state index in [-0.39, 0.29) is 11.9 Å². The molecular weight excluding hydrogens is 273 g/mol. The lowest BCUT2D eigenvalue weighted by molar-refractivity contribution is 0.557. The maximum atomic E-state index is 14.2. The molecule has 0 aliphatic carbocycles. The first-order valence-electron chi connectivity index (χ1n) is 6.73. The second-order valence-corrected chi connectivity index (χ2v) is 5.82. The minimum Gasteiger partial charge on any atom is -0.310 e. The van der Waals surface area contributed by atoms with Crippen LogP contribution in [0.1, 0.15) is 31.1 Å². The van der Waals surface area contributed by atoms with E-state index < -0.39 is 0 Å². The quantitative estimate of drug-likeness (QED) is 0.912. The Morgan fingerprint density at radius 2 is 2.20 bits per heavy atom. The normalized spacial score (nSPS) is 12.7. The highest BCUT2D eigenvalue weighted by Crippen LogP contribution is 2.35. The summed E-state index contributed by atoms with van der Waals surface area (Å²) >= 11 is 1.43. The van der Waals surface area contributed by atoms with Gasteiger partial charge < -0.3 is 5.32 Å². The predicted octanol–water partition coefficient (Wildman–Crippen LogP) is 3.69. The van der Waals surface area contributed by atoms with Crippen molar-refractivity contribution >= 4 is 11.8 Å². The molecule has 0 saturated carbocycles. The number of hydrogen-bond acceptors (Lipinski definition) is 3. The summed E-state index contributed by atoms with van der Waals surface area (Å²) in [5.74, 6) is -0.184. The summed E-state index contributed by atoms with van der Waals surface area (Å²) in [5.41, 5.74) is 1.92. The van der Waals surface area contributed by atoms with Gasteiger partial charge in [-0.1, -0.05) is 30.8 Å². The molecule has 0 amide bonds. The standard InChI is InChI=1S/C15H20FN3S/c1-5-17-11(3)12-7-6-8-13(16)15(12)20-14-9-10(2)18-19(14)4/h6-9,11,17H,5H2,1-4H3. The van der Waals surface area contributed by atoms with E-state index in [9.17, 15) is 4.39 Å². The third-order valence-electron chi connectivity index (χ3n) is 3.14. The average Bonchev–Trinajstić information content (AvgIpc) is 2.70. The molecule has 3 nitrogen and oxygen atoms in total. The van der Waals surface area contributed by atoms with Crippen LogP contribution in [0.25, 0.3) is 0 Å². The van der Waals surface area contributed by atoms with E-state index in [4.69, 9.17) is 0 Å². The predicted molar refractivity (Wildman–Crippen MR) is 80.6 cm³/mol. The highest BCUT2D eigenvalue weighted by atomic mass is 32.2. The summed E-state index contributed by atoms with van der Waals surface area (Å²) in [6, 6.07) is 7.33. The van der Waals surface area contributed by atoms with Gasteiger partial charge in [-0.15, -0.1) is 0 Å². The third-order valence-corrected chi connectivity index (χ3v) is 4.37. The number of hydrogen-bond donors (Lipinski definition) is 1. The fourth-order valence-electron chi connectivity index (χ4n) is 2.18. The van der Waals surface area contributed by atoms with E-state index >= 15 is 0 Å². The van der Waals surface area contributed by atoms with Gasteiger partial charge in [-0.2, -0.15) is 5.10 Å². The van der Waals surface area contributed by atoms with Crippen LogP contribution in [0.5, 0.6) is 0 Å². The molecule has 0 saturated heterocycles. The number of rotatable bonds is 5. The zero-order chi connectivity index (χ0) is 14.7. The molecule has 0 fully saturated rings. The van der Waals surface area contributed by atoms with Gasteiger partial charge in [-0.05, 0) is 38.1 Å². The molecule has 0 radical (unpaired) electrons. The Hall–Kier alpha value is -1.33. The van der Waals surface area contributed by atoms with Crippen LogP contribution in [0.15, 0.2) is 34.2 Å². The summed E-state index contributed by atoms with van der Waals surface area (Å²) in [6.07, 6.45) is 0. The Bertz CT molecular complexity index is 595. The molecule has 2 rings (SSSR count). The van der Waals surface area contributed by atoms with Gasteiger partial charge in [-0.3, -0.25) is 4.68 Å². The first kappa shape index (κ1) is 15.1. The minimum atomic E-state index is -0.184. The Morgan fingerprint density at radius 1 is 1.45 bits per heavy atom. The summed E-state index contributed by atoms with van der Waals surface area (Å²) in [6.45, 7) is 6.89. The molecule has 5 heteroatoms. The van der Waals surface area contributed by atoms with E-state index in [1.54, 1.807) is 10.7 Å². The molecule has 108 valence electrons. The molecule has 0 spiro atoms. The highest BCUT2D eigenvalue weighted by Gasteiger charge is 2.16. The van der Waals surface area contributed by atoms with Crippen LogP contribution in [-0.4, -0.2) is 16.3 Å². The van der Waals surface area contributed by atoms with Gasteiger partial charge in [0.05, 0.1) is 15.6 Å². The molecule has 1 aromatic carbocycles. The second-order valence-electron chi connectivity index (χ2n) is 4.79. The Kier molecular flexibility index (Phi) is 4.83. The molecule has 0 aliphatic rings. The first-order valence-corrected chi connectivity index (χ1v) is 7.54. The minimum absolute atomic E-state index is 0.118. The zero-order valence-corrected chi connectivity index (χ0v) is 13.1. The van der Waals surface area contributed by atoms with E-state index in [0.29, 0.717) is 4.90 Å². The SMILES string of the molecule is CCNC(C)c1cccc(F)c1Sc1cc(C)nn1C. The van der Waals surface area contributed by atoms with Crippen molar-refractivity contribution in [1.29, 1.82) is 0 Å². The van der Waals surface area contributed by atoms with Crippen molar-refractivity contribution in [2.24, 2.45) is 7.05 Å². The molecular formula is C15H20FN3S. The van der Waals surface area contributed by atoms with Crippen LogP contribution in [-0.2, 0) is 7.05 Å². The summed E-state index contributed by atoms with van der Waals surface area (Å²) in [5, 5.41) is 8.58. The molecule has 1 N–H and O–H groups in total. The fourth-order valence-corrected chi connectivity index (χ4v) is 3.32. The van der Waals surface area contributed by atoms with Gasteiger partial charge in [0.15, 0.2) is 0 Å². The topological polar surface area (TPSA) is 29.9 Å². The molecule has 0 aliphatic heterocycles. The van der Waals surface area contributed by atoms with Crippen molar-refractivity contribution < 1.29 is 4.39 Å². The van der Waals surface area contributed by atoms with Crippen molar-refractivity contribution in [2.75, 3.05) is 6.54 Å². The van der Waals surface area contributed by atoms with Crippen LogP contribution >= 0.6 is 11.8 Å². The molecule has 1 atom stereocenters. The van der Waals surface area contributed by atoms with Gasteiger partial charge >= 0.3 is 0 Å². The Labute approximate surface area is 123 Å². The van der Waals surface area contributed by atoms with E-state index in [1.807, 2.05) is 33.0 Å². The largest absolute Gasteiger partial charge is 0.310 e. The monoisotopic (exact) mass is 293 g/mol. The van der Waals surface area contributed by atoms with Gasteiger partial charge in [0, 0.05) is 13.1 Å². The van der Waals surface area contributed by atoms with Crippen molar-refractivity contribution in [1.82, 2.24) is 15.1 Å². The zero-order valence-electron chi connectivity index (χ0n) is 12.3. The smallest absolute Gasteiger partial charge is 0.137 e. The number of aryl methyl sites for hydroxylation is 2. The maximum Gasteiger partial charge on any atom is 0.137 e. The number of nitrogens with one attached hydrogen (secondary N) is 1. The Morgan fingerprint density at radius 3 is 2.80 bits per heavy atom. The van der Waals surface area contributed by atoms with Crippen molar-refractivity contribution in [3.63, 3.8) is 0 Å². The van der Waals surface area contributed by atoms with Gasteiger partial charge in [0.2, 0.25) is 0 Å². The van der Waals surface area contributed by atoms with Crippen LogP contribution in [0, 0.1) is 12.7 Å². The van der Waals surface area contributed by atoms with Gasteiger partial charge in [-0.25, -0.2) is 4.39 Å². The summed E-state index contributed by atoms with van der Waals surface area (Å²) in [4.78, 5) is 0.670. The van der Waals surface area contributed by atoms with Crippen molar-refractivity contribution in [3.8, 4) is 0 Å². The second kappa shape index (κ2) is 6.41. The highest BCUT2D eigenvalue weighted by molar-refractivity contribution is 7.99. The Balaban J connectivity index is 2.37. The molecule has 1 unspecified atom stereocenters. The average molecular weight is 293 g/mol.